The van der Waals surface area contributed by atoms with E-state index in [1.54, 1.807) is 31.2 Å². The maximum atomic E-state index is 12.3. The van der Waals surface area contributed by atoms with Gasteiger partial charge < -0.3 is 24.8 Å². The summed E-state index contributed by atoms with van der Waals surface area (Å²) < 4.78 is 10.4. The van der Waals surface area contributed by atoms with Crippen molar-refractivity contribution in [3.05, 3.63) is 24.3 Å². The lowest BCUT2D eigenvalue weighted by Crippen LogP contribution is -2.47. The smallest absolute Gasteiger partial charge is 0.326 e. The van der Waals surface area contributed by atoms with E-state index in [1.807, 2.05) is 0 Å². The standard InChI is InChI=1S/C17H22N2O6/c1-11-16(21)19(13-5-3-4-6-14(13)25-11)9-7-15(20)18-12(17(22)23)8-10-24-2/h3-6,11-12H,7-10H2,1-2H3,(H,18,20)(H,22,23). The number of methoxy groups -OCH3 is 1. The third-order valence-corrected chi connectivity index (χ3v) is 3.88. The van der Waals surface area contributed by atoms with Crippen molar-refractivity contribution in [1.82, 2.24) is 5.32 Å². The fraction of sp³-hybridized carbons (Fsp3) is 0.471. The first-order chi connectivity index (χ1) is 11.9. The molecule has 0 radical (unpaired) electrons. The Hall–Kier alpha value is -2.61. The number of carbonyl (C=O) groups excluding carboxylic acids is 2. The second-order valence-corrected chi connectivity index (χ2v) is 5.71. The summed E-state index contributed by atoms with van der Waals surface area (Å²) in [6.45, 7) is 2.02. The van der Waals surface area contributed by atoms with Crippen LogP contribution in [-0.4, -0.2) is 55.3 Å². The zero-order valence-electron chi connectivity index (χ0n) is 14.2. The average Bonchev–Trinajstić information content (AvgIpc) is 2.58. The molecule has 0 fully saturated rings. The molecule has 8 heteroatoms. The molecule has 1 aliphatic heterocycles. The Morgan fingerprint density at radius 2 is 2.12 bits per heavy atom. The monoisotopic (exact) mass is 350 g/mol. The Morgan fingerprint density at radius 1 is 1.40 bits per heavy atom. The number of carboxylic acids is 1. The molecule has 0 aromatic heterocycles. The largest absolute Gasteiger partial charge is 0.480 e. The summed E-state index contributed by atoms with van der Waals surface area (Å²) in [5.41, 5.74) is 0.604. The number of ether oxygens (including phenoxy) is 2. The number of hydrogen-bond acceptors (Lipinski definition) is 5. The Balaban J connectivity index is 1.99. The number of rotatable bonds is 8. The highest BCUT2D eigenvalue weighted by molar-refractivity contribution is 6.00. The number of amides is 2. The number of nitrogens with zero attached hydrogens (tertiary/aromatic N) is 1. The number of carbonyl (C=O) groups is 3. The SMILES string of the molecule is COCCC(NC(=O)CCN1C(=O)C(C)Oc2ccccc21)C(=O)O. The minimum atomic E-state index is -1.12. The van der Waals surface area contributed by atoms with Crippen molar-refractivity contribution in [2.45, 2.75) is 31.9 Å². The van der Waals surface area contributed by atoms with E-state index in [-0.39, 0.29) is 31.9 Å². The molecule has 2 amide bonds. The van der Waals surface area contributed by atoms with Gasteiger partial charge >= 0.3 is 5.97 Å². The van der Waals surface area contributed by atoms with E-state index in [4.69, 9.17) is 14.6 Å². The maximum absolute atomic E-state index is 12.3. The molecule has 0 saturated heterocycles. The lowest BCUT2D eigenvalue weighted by molar-refractivity contribution is -0.142. The van der Waals surface area contributed by atoms with Gasteiger partial charge in [0.25, 0.3) is 5.91 Å². The van der Waals surface area contributed by atoms with Gasteiger partial charge in [0, 0.05) is 33.1 Å². The molecule has 0 bridgehead atoms. The van der Waals surface area contributed by atoms with Crippen LogP contribution in [0.3, 0.4) is 0 Å². The molecule has 136 valence electrons. The number of para-hydroxylation sites is 2. The first-order valence-corrected chi connectivity index (χ1v) is 8.02. The zero-order valence-corrected chi connectivity index (χ0v) is 14.2. The van der Waals surface area contributed by atoms with Gasteiger partial charge in [-0.3, -0.25) is 9.59 Å². The molecule has 0 saturated carbocycles. The summed E-state index contributed by atoms with van der Waals surface area (Å²) in [5.74, 6) is -1.21. The van der Waals surface area contributed by atoms with Gasteiger partial charge in [-0.2, -0.15) is 0 Å². The van der Waals surface area contributed by atoms with Crippen LogP contribution in [0.4, 0.5) is 5.69 Å². The van der Waals surface area contributed by atoms with Crippen molar-refractivity contribution in [1.29, 1.82) is 0 Å². The molecule has 1 aromatic carbocycles. The van der Waals surface area contributed by atoms with Crippen molar-refractivity contribution < 1.29 is 29.0 Å². The fourth-order valence-corrected chi connectivity index (χ4v) is 2.56. The molecule has 2 atom stereocenters. The second-order valence-electron chi connectivity index (χ2n) is 5.71. The Kier molecular flexibility index (Phi) is 6.35. The van der Waals surface area contributed by atoms with Gasteiger partial charge in [0.1, 0.15) is 11.8 Å². The molecule has 1 aromatic rings. The molecule has 1 aliphatic rings. The third-order valence-electron chi connectivity index (χ3n) is 3.88. The van der Waals surface area contributed by atoms with Crippen LogP contribution < -0.4 is 15.0 Å². The molecular formula is C17H22N2O6. The Labute approximate surface area is 145 Å². The molecule has 2 N–H and O–H groups in total. The number of fused-ring (bicyclic) bond motifs is 1. The molecule has 0 aliphatic carbocycles. The van der Waals surface area contributed by atoms with Gasteiger partial charge in [-0.1, -0.05) is 12.1 Å². The van der Waals surface area contributed by atoms with Crippen LogP contribution >= 0.6 is 0 Å². The highest BCUT2D eigenvalue weighted by Gasteiger charge is 2.31. The first kappa shape index (κ1) is 18.7. The van der Waals surface area contributed by atoms with Gasteiger partial charge in [0.15, 0.2) is 6.10 Å². The van der Waals surface area contributed by atoms with Gasteiger partial charge in [-0.25, -0.2) is 4.79 Å². The van der Waals surface area contributed by atoms with E-state index in [0.29, 0.717) is 11.4 Å². The average molecular weight is 350 g/mol. The van der Waals surface area contributed by atoms with Crippen molar-refractivity contribution in [3.8, 4) is 5.75 Å². The van der Waals surface area contributed by atoms with E-state index < -0.39 is 24.0 Å². The van der Waals surface area contributed by atoms with Crippen LogP contribution in [0.15, 0.2) is 24.3 Å². The van der Waals surface area contributed by atoms with Crippen LogP contribution in [0.2, 0.25) is 0 Å². The number of aliphatic carboxylic acids is 1. The minimum Gasteiger partial charge on any atom is -0.480 e. The lowest BCUT2D eigenvalue weighted by Gasteiger charge is -2.32. The maximum Gasteiger partial charge on any atom is 0.326 e. The highest BCUT2D eigenvalue weighted by Crippen LogP contribution is 2.33. The Bertz CT molecular complexity index is 648. The van der Waals surface area contributed by atoms with Gasteiger partial charge in [-0.15, -0.1) is 0 Å². The minimum absolute atomic E-state index is 0.0104. The number of hydrogen-bond donors (Lipinski definition) is 2. The number of anilines is 1. The summed E-state index contributed by atoms with van der Waals surface area (Å²) in [6, 6.07) is 6.08. The van der Waals surface area contributed by atoms with Crippen LogP contribution in [0.5, 0.6) is 5.75 Å². The fourth-order valence-electron chi connectivity index (χ4n) is 2.56. The highest BCUT2D eigenvalue weighted by atomic mass is 16.5. The van der Waals surface area contributed by atoms with Crippen molar-refractivity contribution >= 4 is 23.5 Å². The predicted octanol–water partition coefficient (Wildman–Crippen LogP) is 0.797. The molecule has 1 heterocycles. The summed E-state index contributed by atoms with van der Waals surface area (Å²) in [4.78, 5) is 37.1. The van der Waals surface area contributed by atoms with Crippen LogP contribution in [0.25, 0.3) is 0 Å². The summed E-state index contributed by atoms with van der Waals surface area (Å²) in [5, 5.41) is 11.6. The molecule has 8 nitrogen and oxygen atoms in total. The third kappa shape index (κ3) is 4.69. The quantitative estimate of drug-likeness (QED) is 0.718. The second kappa shape index (κ2) is 8.48. The van der Waals surface area contributed by atoms with Crippen molar-refractivity contribution in [3.63, 3.8) is 0 Å². The van der Waals surface area contributed by atoms with Gasteiger partial charge in [0.2, 0.25) is 5.91 Å². The topological polar surface area (TPSA) is 105 Å². The molecule has 2 unspecified atom stereocenters. The Morgan fingerprint density at radius 3 is 2.80 bits per heavy atom. The van der Waals surface area contributed by atoms with Gasteiger partial charge in [0.05, 0.1) is 5.69 Å². The van der Waals surface area contributed by atoms with E-state index in [9.17, 15) is 14.4 Å². The van der Waals surface area contributed by atoms with Gasteiger partial charge in [-0.05, 0) is 19.1 Å². The van der Waals surface area contributed by atoms with Crippen molar-refractivity contribution in [2.24, 2.45) is 0 Å². The lowest BCUT2D eigenvalue weighted by atomic mass is 10.1. The first-order valence-electron chi connectivity index (χ1n) is 8.02. The summed E-state index contributed by atoms with van der Waals surface area (Å²) in [6.07, 6.45) is -0.469. The van der Waals surface area contributed by atoms with E-state index in [2.05, 4.69) is 5.32 Å². The van der Waals surface area contributed by atoms with E-state index >= 15 is 0 Å². The van der Waals surface area contributed by atoms with E-state index in [0.717, 1.165) is 0 Å². The van der Waals surface area contributed by atoms with Crippen LogP contribution in [0.1, 0.15) is 19.8 Å². The van der Waals surface area contributed by atoms with E-state index in [1.165, 1.54) is 12.0 Å². The predicted molar refractivity (Wildman–Crippen MR) is 89.6 cm³/mol. The summed E-state index contributed by atoms with van der Waals surface area (Å²) >= 11 is 0. The number of nitrogens with one attached hydrogen (secondary N) is 1. The molecular weight excluding hydrogens is 328 g/mol. The molecule has 2 rings (SSSR count). The van der Waals surface area contributed by atoms with Crippen molar-refractivity contribution in [2.75, 3.05) is 25.2 Å². The van der Waals surface area contributed by atoms with Crippen LogP contribution in [-0.2, 0) is 19.1 Å². The van der Waals surface area contributed by atoms with Crippen LogP contribution in [0, 0.1) is 0 Å². The zero-order chi connectivity index (χ0) is 18.4. The molecule has 25 heavy (non-hydrogen) atoms. The number of carboxylic acid groups (broad SMARTS) is 1. The number of benzene rings is 1. The normalized spacial score (nSPS) is 17.4. The molecule has 0 spiro atoms. The summed E-state index contributed by atoms with van der Waals surface area (Å²) in [7, 11) is 1.46.